The molecule has 12 nitrogen and oxygen atoms in total. The number of anilines is 2. The van der Waals surface area contributed by atoms with Crippen LogP contribution in [0.1, 0.15) is 10.4 Å². The van der Waals surface area contributed by atoms with Gasteiger partial charge in [-0.3, -0.25) is 19.1 Å². The van der Waals surface area contributed by atoms with E-state index in [0.29, 0.717) is 86.2 Å². The van der Waals surface area contributed by atoms with E-state index in [0.717, 1.165) is 16.0 Å². The summed E-state index contributed by atoms with van der Waals surface area (Å²) in [5.74, 6) is 0.182. The van der Waals surface area contributed by atoms with Crippen LogP contribution in [0.3, 0.4) is 0 Å². The van der Waals surface area contributed by atoms with E-state index in [4.69, 9.17) is 10.2 Å². The normalized spacial score (nSPS) is 14.3. The molecule has 220 valence electrons. The summed E-state index contributed by atoms with van der Waals surface area (Å²) in [6.45, 7) is 4.96. The number of fused-ring (bicyclic) bond motifs is 3. The Kier molecular flexibility index (Phi) is 7.66. The van der Waals surface area contributed by atoms with Crippen LogP contribution in [0.15, 0.2) is 51.9 Å². The zero-order valence-corrected chi connectivity index (χ0v) is 24.2. The van der Waals surface area contributed by atoms with Crippen LogP contribution in [0.2, 0.25) is 0 Å². The lowest BCUT2D eigenvalue weighted by Crippen LogP contribution is -2.47. The molecule has 5 aromatic rings. The maximum atomic E-state index is 15.1. The van der Waals surface area contributed by atoms with Gasteiger partial charge in [0, 0.05) is 65.0 Å². The van der Waals surface area contributed by atoms with E-state index in [-0.39, 0.29) is 16.7 Å². The monoisotopic (exact) mass is 593 g/mol. The number of halogens is 1. The Morgan fingerprint density at radius 1 is 1.19 bits per heavy atom. The highest BCUT2D eigenvalue weighted by atomic mass is 32.1. The average Bonchev–Trinajstić information content (AvgIpc) is 3.74. The second-order valence-corrected chi connectivity index (χ2v) is 11.2. The Hall–Kier alpha value is -4.27. The number of carbonyl (C=O) groups is 1. The van der Waals surface area contributed by atoms with Gasteiger partial charge in [-0.25, -0.2) is 4.39 Å². The first-order valence-corrected chi connectivity index (χ1v) is 14.5. The van der Waals surface area contributed by atoms with Crippen LogP contribution in [0.5, 0.6) is 0 Å². The van der Waals surface area contributed by atoms with Gasteiger partial charge in [-0.05, 0) is 43.4 Å². The standard InChI is InChI=1S/C28H32FN9O3S/c1-31-7-8-34(2)26(39)18-5-6-21(19(29)16-18)36-12-9-35(10-13-36)11-14-37-25-24(42-28(37)40)22-17-20(23-4-3-15-41-23)33-38(22)27(30)32-25/h3-6,15-17,31H,7-14H2,1-2H3,(H2,30,32). The lowest BCUT2D eigenvalue weighted by atomic mass is 10.1. The summed E-state index contributed by atoms with van der Waals surface area (Å²) in [5, 5.41) is 7.51. The molecule has 1 aliphatic rings. The van der Waals surface area contributed by atoms with Crippen molar-refractivity contribution in [3.8, 4) is 11.5 Å². The van der Waals surface area contributed by atoms with E-state index >= 15 is 4.39 Å². The summed E-state index contributed by atoms with van der Waals surface area (Å²) in [5.41, 5.74) is 8.90. The fourth-order valence-electron chi connectivity index (χ4n) is 5.24. The molecule has 1 fully saturated rings. The molecule has 0 bridgehead atoms. The largest absolute Gasteiger partial charge is 0.463 e. The molecule has 0 unspecified atom stereocenters. The number of amides is 1. The molecule has 0 saturated carbocycles. The van der Waals surface area contributed by atoms with Gasteiger partial charge in [0.15, 0.2) is 11.4 Å². The number of benzene rings is 1. The molecule has 3 N–H and O–H groups in total. The molecule has 1 aliphatic heterocycles. The Bertz CT molecular complexity index is 1790. The minimum absolute atomic E-state index is 0.113. The first-order valence-electron chi connectivity index (χ1n) is 13.7. The Labute approximate surface area is 244 Å². The number of hydrogen-bond donors (Lipinski definition) is 2. The fourth-order valence-corrected chi connectivity index (χ4v) is 6.20. The SMILES string of the molecule is CNCCN(C)C(=O)c1ccc(N2CCN(CCn3c(=O)sc4c3nc(N)n3nc(-c5ccco5)cc43)CC2)c(F)c1. The topological polar surface area (TPSA) is 130 Å². The van der Waals surface area contributed by atoms with Crippen LogP contribution in [0.4, 0.5) is 16.0 Å². The van der Waals surface area contributed by atoms with E-state index < -0.39 is 5.82 Å². The summed E-state index contributed by atoms with van der Waals surface area (Å²) >= 11 is 1.12. The third-order valence-corrected chi connectivity index (χ3v) is 8.60. The summed E-state index contributed by atoms with van der Waals surface area (Å²) in [4.78, 5) is 35.8. The zero-order chi connectivity index (χ0) is 29.4. The molecule has 6 rings (SSSR count). The van der Waals surface area contributed by atoms with E-state index in [1.165, 1.54) is 10.6 Å². The maximum absolute atomic E-state index is 15.1. The van der Waals surface area contributed by atoms with Crippen molar-refractivity contribution < 1.29 is 13.6 Å². The molecule has 42 heavy (non-hydrogen) atoms. The van der Waals surface area contributed by atoms with E-state index in [9.17, 15) is 9.59 Å². The molecule has 1 saturated heterocycles. The number of aromatic nitrogens is 4. The fraction of sp³-hybridized carbons (Fsp3) is 0.357. The van der Waals surface area contributed by atoms with Crippen molar-refractivity contribution in [1.29, 1.82) is 0 Å². The van der Waals surface area contributed by atoms with Crippen LogP contribution in [0.25, 0.3) is 27.3 Å². The highest BCUT2D eigenvalue weighted by Crippen LogP contribution is 2.28. The third kappa shape index (κ3) is 5.24. The number of hydrogen-bond acceptors (Lipinski definition) is 10. The summed E-state index contributed by atoms with van der Waals surface area (Å²) < 4.78 is 24.4. The summed E-state index contributed by atoms with van der Waals surface area (Å²) in [6, 6.07) is 10.1. The van der Waals surface area contributed by atoms with Crippen molar-refractivity contribution in [2.45, 2.75) is 6.54 Å². The number of rotatable bonds is 9. The molecule has 5 heterocycles. The van der Waals surface area contributed by atoms with Gasteiger partial charge in [0.25, 0.3) is 5.91 Å². The number of nitrogens with one attached hydrogen (secondary N) is 1. The maximum Gasteiger partial charge on any atom is 0.309 e. The van der Waals surface area contributed by atoms with Gasteiger partial charge >= 0.3 is 4.87 Å². The molecular formula is C28H32FN9O3S. The summed E-state index contributed by atoms with van der Waals surface area (Å²) in [6.07, 6.45) is 1.58. The van der Waals surface area contributed by atoms with Crippen LogP contribution < -0.4 is 20.8 Å². The number of nitrogens with two attached hydrogens (primary N) is 1. The lowest BCUT2D eigenvalue weighted by molar-refractivity contribution is 0.0796. The molecule has 0 atom stereocenters. The quantitative estimate of drug-likeness (QED) is 0.264. The van der Waals surface area contributed by atoms with Gasteiger partial charge in [-0.1, -0.05) is 11.3 Å². The Morgan fingerprint density at radius 3 is 2.71 bits per heavy atom. The van der Waals surface area contributed by atoms with E-state index in [2.05, 4.69) is 20.3 Å². The number of thiazole rings is 1. The smallest absolute Gasteiger partial charge is 0.309 e. The number of likely N-dealkylation sites (N-methyl/N-ethyl adjacent to an activating group) is 2. The number of furan rings is 1. The zero-order valence-electron chi connectivity index (χ0n) is 23.4. The molecule has 0 aliphatic carbocycles. The summed E-state index contributed by atoms with van der Waals surface area (Å²) in [7, 11) is 3.53. The predicted molar refractivity (Wildman–Crippen MR) is 161 cm³/mol. The highest BCUT2D eigenvalue weighted by molar-refractivity contribution is 7.17. The first-order chi connectivity index (χ1) is 20.3. The van der Waals surface area contributed by atoms with Crippen molar-refractivity contribution in [1.82, 2.24) is 34.3 Å². The van der Waals surface area contributed by atoms with Gasteiger partial charge in [-0.15, -0.1) is 0 Å². The van der Waals surface area contributed by atoms with Crippen molar-refractivity contribution in [3.05, 3.63) is 63.7 Å². The number of carbonyl (C=O) groups excluding carboxylic acids is 1. The molecule has 1 aromatic carbocycles. The van der Waals surface area contributed by atoms with E-state index in [1.807, 2.05) is 24.1 Å². The van der Waals surface area contributed by atoms with Crippen LogP contribution in [0, 0.1) is 5.82 Å². The van der Waals surface area contributed by atoms with Crippen molar-refractivity contribution in [2.75, 3.05) is 70.5 Å². The number of nitrogens with zero attached hydrogens (tertiary/aromatic N) is 7. The Morgan fingerprint density at radius 2 is 2.00 bits per heavy atom. The molecule has 0 spiro atoms. The molecule has 14 heteroatoms. The Balaban J connectivity index is 1.11. The van der Waals surface area contributed by atoms with Crippen LogP contribution in [-0.4, -0.2) is 94.8 Å². The average molecular weight is 594 g/mol. The van der Waals surface area contributed by atoms with Crippen molar-refractivity contribution >= 4 is 44.7 Å². The van der Waals surface area contributed by atoms with Crippen LogP contribution >= 0.6 is 11.3 Å². The number of piperazine rings is 1. The number of nitrogen functional groups attached to an aromatic ring is 1. The second-order valence-electron chi connectivity index (χ2n) is 10.3. The molecular weight excluding hydrogens is 561 g/mol. The van der Waals surface area contributed by atoms with Crippen molar-refractivity contribution in [3.63, 3.8) is 0 Å². The minimum Gasteiger partial charge on any atom is -0.463 e. The highest BCUT2D eigenvalue weighted by Gasteiger charge is 2.23. The van der Waals surface area contributed by atoms with Gasteiger partial charge in [0.1, 0.15) is 16.2 Å². The second kappa shape index (κ2) is 11.5. The van der Waals surface area contributed by atoms with Crippen LogP contribution in [-0.2, 0) is 6.54 Å². The molecule has 0 radical (unpaired) electrons. The van der Waals surface area contributed by atoms with Gasteiger partial charge < -0.3 is 25.3 Å². The van der Waals surface area contributed by atoms with Crippen molar-refractivity contribution in [2.24, 2.45) is 0 Å². The van der Waals surface area contributed by atoms with Gasteiger partial charge in [-0.2, -0.15) is 14.6 Å². The lowest BCUT2D eigenvalue weighted by Gasteiger charge is -2.36. The predicted octanol–water partition coefficient (Wildman–Crippen LogP) is 2.20. The third-order valence-electron chi connectivity index (χ3n) is 7.61. The first kappa shape index (κ1) is 27.9. The molecule has 1 amide bonds. The minimum atomic E-state index is -0.405. The van der Waals surface area contributed by atoms with E-state index in [1.54, 1.807) is 41.0 Å². The molecule has 4 aromatic heterocycles. The van der Waals surface area contributed by atoms with Gasteiger partial charge in [0.05, 0.1) is 17.5 Å². The van der Waals surface area contributed by atoms with Gasteiger partial charge in [0.2, 0.25) is 5.95 Å².